The molecule has 1 heterocycles. The monoisotopic (exact) mass is 243 g/mol. The Balaban J connectivity index is 3.02. The largest absolute Gasteiger partial charge is 0.479 e. The number of rotatable bonds is 3. The lowest BCUT2D eigenvalue weighted by Crippen LogP contribution is -2.43. The summed E-state index contributed by atoms with van der Waals surface area (Å²) in [6.45, 7) is 1.39. The van der Waals surface area contributed by atoms with Crippen molar-refractivity contribution >= 4 is 17.6 Å². The minimum absolute atomic E-state index is 0.0597. The molecular formula is C9H13N3O5. The number of ketones is 1. The molecule has 1 aliphatic heterocycles. The quantitative estimate of drug-likeness (QED) is 0.514. The first-order chi connectivity index (χ1) is 7.99. The second kappa shape index (κ2) is 5.37. The number of Topliss-reactive ketones (excluding diaryl/α,β-unsaturated/α-hetero) is 1. The second-order valence-electron chi connectivity index (χ2n) is 3.42. The van der Waals surface area contributed by atoms with E-state index in [4.69, 9.17) is 9.47 Å². The van der Waals surface area contributed by atoms with Gasteiger partial charge in [0.15, 0.2) is 6.17 Å². The van der Waals surface area contributed by atoms with Gasteiger partial charge in [-0.1, -0.05) is 0 Å². The first-order valence-electron chi connectivity index (χ1n) is 4.85. The summed E-state index contributed by atoms with van der Waals surface area (Å²) < 4.78 is 9.69. The van der Waals surface area contributed by atoms with Crippen LogP contribution in [0, 0.1) is 10.1 Å². The fourth-order valence-electron chi connectivity index (χ4n) is 1.43. The lowest BCUT2D eigenvalue weighted by atomic mass is 10.2. The molecule has 0 saturated heterocycles. The average Bonchev–Trinajstić information content (AvgIpc) is 2.26. The zero-order valence-corrected chi connectivity index (χ0v) is 9.74. The van der Waals surface area contributed by atoms with E-state index in [0.29, 0.717) is 0 Å². The van der Waals surface area contributed by atoms with Gasteiger partial charge < -0.3 is 9.47 Å². The van der Waals surface area contributed by atoms with E-state index in [9.17, 15) is 14.9 Å². The van der Waals surface area contributed by atoms with Gasteiger partial charge in [-0.25, -0.2) is 9.98 Å². The van der Waals surface area contributed by atoms with Crippen LogP contribution in [0.25, 0.3) is 0 Å². The molecule has 0 spiro atoms. The molecule has 0 aliphatic carbocycles. The van der Waals surface area contributed by atoms with Gasteiger partial charge in [0.1, 0.15) is 5.78 Å². The Morgan fingerprint density at radius 2 is 1.82 bits per heavy atom. The topological polar surface area (TPSA) is 103 Å². The van der Waals surface area contributed by atoms with E-state index in [1.54, 1.807) is 0 Å². The van der Waals surface area contributed by atoms with Crippen molar-refractivity contribution in [1.29, 1.82) is 0 Å². The number of nitrogens with zero attached hydrogens (tertiary/aromatic N) is 3. The number of hydrogen-bond donors (Lipinski definition) is 0. The minimum Gasteiger partial charge on any atom is -0.479 e. The summed E-state index contributed by atoms with van der Waals surface area (Å²) in [4.78, 5) is 29.0. The summed E-state index contributed by atoms with van der Waals surface area (Å²) in [7, 11) is 2.55. The standard InChI is InChI=1S/C9H13N3O5/c1-5(13)4-6-10-8(16-2)7(12(14)15)9(11-6)17-3/h6-7H,4H2,1-3H3. The summed E-state index contributed by atoms with van der Waals surface area (Å²) in [5, 5.41) is 10.8. The third-order valence-corrected chi connectivity index (χ3v) is 2.12. The van der Waals surface area contributed by atoms with Crippen LogP contribution in [0.5, 0.6) is 0 Å². The molecule has 0 radical (unpaired) electrons. The van der Waals surface area contributed by atoms with E-state index in [1.165, 1.54) is 21.1 Å². The van der Waals surface area contributed by atoms with Crippen LogP contribution in [0.2, 0.25) is 0 Å². The minimum atomic E-state index is -1.34. The Hall–Kier alpha value is -1.99. The number of carbonyl (C=O) groups is 1. The lowest BCUT2D eigenvalue weighted by Gasteiger charge is -2.19. The van der Waals surface area contributed by atoms with Crippen molar-refractivity contribution in [3.63, 3.8) is 0 Å². The zero-order chi connectivity index (χ0) is 13.0. The fourth-order valence-corrected chi connectivity index (χ4v) is 1.43. The number of aliphatic imine (C=N–C) groups is 2. The van der Waals surface area contributed by atoms with Gasteiger partial charge in [0.2, 0.25) is 0 Å². The number of methoxy groups -OCH3 is 2. The van der Waals surface area contributed by atoms with Gasteiger partial charge in [-0.2, -0.15) is 0 Å². The van der Waals surface area contributed by atoms with Crippen LogP contribution in [0.3, 0.4) is 0 Å². The highest BCUT2D eigenvalue weighted by molar-refractivity contribution is 6.04. The van der Waals surface area contributed by atoms with Crippen molar-refractivity contribution in [3.8, 4) is 0 Å². The highest BCUT2D eigenvalue weighted by Crippen LogP contribution is 2.14. The molecule has 0 bridgehead atoms. The molecule has 0 fully saturated rings. The second-order valence-corrected chi connectivity index (χ2v) is 3.42. The van der Waals surface area contributed by atoms with Crippen molar-refractivity contribution in [1.82, 2.24) is 0 Å². The number of nitro groups is 1. The Bertz CT molecular complexity index is 368. The molecule has 1 aliphatic rings. The smallest absolute Gasteiger partial charge is 0.360 e. The normalized spacial score (nSPS) is 23.5. The Labute approximate surface area is 97.5 Å². The predicted octanol–water partition coefficient (Wildman–Crippen LogP) is 0.0403. The fraction of sp³-hybridized carbons (Fsp3) is 0.667. The van der Waals surface area contributed by atoms with Gasteiger partial charge in [-0.15, -0.1) is 0 Å². The summed E-state index contributed by atoms with van der Waals surface area (Å²) in [5.41, 5.74) is 0. The molecule has 0 unspecified atom stereocenters. The maximum absolute atomic E-state index is 11.0. The van der Waals surface area contributed by atoms with Crippen molar-refractivity contribution in [2.24, 2.45) is 9.98 Å². The first-order valence-corrected chi connectivity index (χ1v) is 4.85. The van der Waals surface area contributed by atoms with Crippen LogP contribution >= 0.6 is 0 Å². The molecular weight excluding hydrogens is 230 g/mol. The Morgan fingerprint density at radius 3 is 2.12 bits per heavy atom. The van der Waals surface area contributed by atoms with E-state index < -0.39 is 17.1 Å². The highest BCUT2D eigenvalue weighted by Gasteiger charge is 2.40. The van der Waals surface area contributed by atoms with E-state index >= 15 is 0 Å². The van der Waals surface area contributed by atoms with Crippen molar-refractivity contribution < 1.29 is 19.2 Å². The van der Waals surface area contributed by atoms with Crippen LogP contribution in [0.1, 0.15) is 13.3 Å². The molecule has 8 nitrogen and oxygen atoms in total. The molecule has 0 amide bonds. The molecule has 0 aromatic carbocycles. The van der Waals surface area contributed by atoms with E-state index in [2.05, 4.69) is 9.98 Å². The Kier molecular flexibility index (Phi) is 4.13. The van der Waals surface area contributed by atoms with Crippen molar-refractivity contribution in [2.75, 3.05) is 14.2 Å². The maximum atomic E-state index is 11.0. The number of hydrogen-bond acceptors (Lipinski definition) is 7. The van der Waals surface area contributed by atoms with Crippen molar-refractivity contribution in [3.05, 3.63) is 10.1 Å². The number of carbonyl (C=O) groups excluding carboxylic acids is 1. The molecule has 8 heteroatoms. The summed E-state index contributed by atoms with van der Waals surface area (Å²) >= 11 is 0. The summed E-state index contributed by atoms with van der Waals surface area (Å²) in [5.74, 6) is -0.325. The molecule has 0 N–H and O–H groups in total. The van der Waals surface area contributed by atoms with Crippen LogP contribution in [-0.4, -0.2) is 48.9 Å². The predicted molar refractivity (Wildman–Crippen MR) is 58.8 cm³/mol. The van der Waals surface area contributed by atoms with Gasteiger partial charge in [0.25, 0.3) is 11.8 Å². The van der Waals surface area contributed by atoms with Crippen LogP contribution in [0.4, 0.5) is 0 Å². The maximum Gasteiger partial charge on any atom is 0.360 e. The first kappa shape index (κ1) is 13.1. The molecule has 0 atom stereocenters. The average molecular weight is 243 g/mol. The zero-order valence-electron chi connectivity index (χ0n) is 9.74. The third-order valence-electron chi connectivity index (χ3n) is 2.12. The van der Waals surface area contributed by atoms with Crippen molar-refractivity contribution in [2.45, 2.75) is 25.6 Å². The van der Waals surface area contributed by atoms with E-state index in [0.717, 1.165) is 0 Å². The van der Waals surface area contributed by atoms with Crippen LogP contribution < -0.4 is 0 Å². The molecule has 1 rings (SSSR count). The molecule has 0 aromatic heterocycles. The molecule has 0 aromatic rings. The van der Waals surface area contributed by atoms with Gasteiger partial charge in [0.05, 0.1) is 14.2 Å². The summed E-state index contributed by atoms with van der Waals surface area (Å²) in [6, 6.07) is -1.34. The van der Waals surface area contributed by atoms with Gasteiger partial charge >= 0.3 is 6.04 Å². The number of ether oxygens (including phenoxy) is 2. The summed E-state index contributed by atoms with van der Waals surface area (Å²) in [6.07, 6.45) is -0.655. The van der Waals surface area contributed by atoms with Gasteiger partial charge in [-0.05, 0) is 6.92 Å². The van der Waals surface area contributed by atoms with Crippen LogP contribution in [-0.2, 0) is 14.3 Å². The molecule has 0 saturated carbocycles. The third kappa shape index (κ3) is 2.99. The lowest BCUT2D eigenvalue weighted by molar-refractivity contribution is -0.489. The van der Waals surface area contributed by atoms with E-state index in [1.807, 2.05) is 0 Å². The van der Waals surface area contributed by atoms with E-state index in [-0.39, 0.29) is 24.0 Å². The SMILES string of the molecule is COC1=NC(CC(C)=O)N=C(OC)C1[N+](=O)[O-]. The molecule has 17 heavy (non-hydrogen) atoms. The molecule has 94 valence electrons. The van der Waals surface area contributed by atoms with Crippen LogP contribution in [0.15, 0.2) is 9.98 Å². The highest BCUT2D eigenvalue weighted by atomic mass is 16.6. The van der Waals surface area contributed by atoms with Gasteiger partial charge in [0, 0.05) is 11.3 Å². The van der Waals surface area contributed by atoms with Gasteiger partial charge in [-0.3, -0.25) is 14.9 Å². The Morgan fingerprint density at radius 1 is 1.35 bits per heavy atom.